The lowest BCUT2D eigenvalue weighted by Crippen LogP contribution is -2.23. The third-order valence-electron chi connectivity index (χ3n) is 4.18. The molecule has 0 saturated carbocycles. The number of rotatable bonds is 6. The van der Waals surface area contributed by atoms with E-state index in [-0.39, 0.29) is 12.1 Å². The Bertz CT molecular complexity index is 970. The van der Waals surface area contributed by atoms with Gasteiger partial charge in [-0.2, -0.15) is 4.68 Å². The number of carboxylic acids is 1. The predicted molar refractivity (Wildman–Crippen MR) is 97.7 cm³/mol. The van der Waals surface area contributed by atoms with Crippen LogP contribution in [0.3, 0.4) is 0 Å². The number of hydrogen-bond donors (Lipinski definition) is 2. The summed E-state index contributed by atoms with van der Waals surface area (Å²) in [5, 5.41) is 13.1. The van der Waals surface area contributed by atoms with E-state index in [2.05, 4.69) is 5.10 Å². The molecule has 0 fully saturated rings. The van der Waals surface area contributed by atoms with E-state index < -0.39 is 5.97 Å². The van der Waals surface area contributed by atoms with E-state index in [0.717, 1.165) is 11.1 Å². The molecule has 7 nitrogen and oxygen atoms in total. The second-order valence-electron chi connectivity index (χ2n) is 6.01. The van der Waals surface area contributed by atoms with Crippen LogP contribution >= 0.6 is 0 Å². The van der Waals surface area contributed by atoms with Gasteiger partial charge in [-0.05, 0) is 48.7 Å². The van der Waals surface area contributed by atoms with Crippen molar-refractivity contribution in [3.05, 3.63) is 76.0 Å². The zero-order valence-corrected chi connectivity index (χ0v) is 14.4. The summed E-state index contributed by atoms with van der Waals surface area (Å²) in [5.74, 6) is -0.265. The molecule has 1 aromatic heterocycles. The second-order valence-corrected chi connectivity index (χ2v) is 6.01. The van der Waals surface area contributed by atoms with E-state index in [1.54, 1.807) is 19.1 Å². The van der Waals surface area contributed by atoms with Gasteiger partial charge < -0.3 is 10.8 Å². The van der Waals surface area contributed by atoms with Gasteiger partial charge in [0.05, 0.1) is 11.4 Å². The van der Waals surface area contributed by atoms with E-state index >= 15 is 0 Å². The Labute approximate surface area is 150 Å². The highest BCUT2D eigenvalue weighted by Crippen LogP contribution is 2.13. The van der Waals surface area contributed by atoms with Crippen molar-refractivity contribution in [1.82, 2.24) is 14.3 Å². The maximum Gasteiger partial charge on any atom is 0.355 e. The molecule has 0 spiro atoms. The van der Waals surface area contributed by atoms with Crippen molar-refractivity contribution in [1.29, 1.82) is 0 Å². The third-order valence-corrected chi connectivity index (χ3v) is 4.18. The minimum Gasteiger partial charge on any atom is -0.481 e. The molecule has 0 aliphatic carbocycles. The van der Waals surface area contributed by atoms with E-state index in [1.165, 1.54) is 9.25 Å². The largest absolute Gasteiger partial charge is 0.481 e. The molecule has 0 amide bonds. The highest BCUT2D eigenvalue weighted by molar-refractivity contribution is 5.67. The zero-order chi connectivity index (χ0) is 18.7. The third kappa shape index (κ3) is 3.57. The number of aryl methyl sites for hydroxylation is 2. The molecule has 0 bridgehead atoms. The summed E-state index contributed by atoms with van der Waals surface area (Å²) in [6.45, 7) is 2.21. The van der Waals surface area contributed by atoms with Crippen molar-refractivity contribution in [3.63, 3.8) is 0 Å². The minimum absolute atomic E-state index is 0.0784. The van der Waals surface area contributed by atoms with Crippen LogP contribution < -0.4 is 11.4 Å². The first-order chi connectivity index (χ1) is 12.5. The Balaban J connectivity index is 1.92. The maximum atomic E-state index is 12.8. The van der Waals surface area contributed by atoms with Gasteiger partial charge in [-0.3, -0.25) is 4.79 Å². The molecular weight excluding hydrogens is 332 g/mol. The number of nitrogens with two attached hydrogens (primary N) is 1. The molecule has 3 N–H and O–H groups in total. The average molecular weight is 352 g/mol. The van der Waals surface area contributed by atoms with Crippen LogP contribution in [0, 0.1) is 6.92 Å². The molecule has 0 unspecified atom stereocenters. The Morgan fingerprint density at radius 2 is 1.62 bits per heavy atom. The number of carbonyl (C=O) groups is 1. The Kier molecular flexibility index (Phi) is 4.99. The first kappa shape index (κ1) is 17.6. The number of hydrogen-bond acceptors (Lipinski definition) is 4. The van der Waals surface area contributed by atoms with Gasteiger partial charge in [0.15, 0.2) is 0 Å². The number of benzene rings is 2. The maximum absolute atomic E-state index is 12.8. The zero-order valence-electron chi connectivity index (χ0n) is 14.4. The molecule has 0 saturated heterocycles. The van der Waals surface area contributed by atoms with Gasteiger partial charge in [0.25, 0.3) is 0 Å². The first-order valence-electron chi connectivity index (χ1n) is 8.29. The highest BCUT2D eigenvalue weighted by Gasteiger charge is 2.13. The van der Waals surface area contributed by atoms with Gasteiger partial charge in [0, 0.05) is 13.0 Å². The van der Waals surface area contributed by atoms with Crippen LogP contribution in [0.2, 0.25) is 0 Å². The molecule has 2 aromatic carbocycles. The molecule has 0 atom stereocenters. The van der Waals surface area contributed by atoms with Gasteiger partial charge in [-0.15, -0.1) is 5.10 Å². The summed E-state index contributed by atoms with van der Waals surface area (Å²) in [6.07, 6.45) is 0.533. The van der Waals surface area contributed by atoms with Crippen molar-refractivity contribution in [2.45, 2.75) is 26.3 Å². The fourth-order valence-corrected chi connectivity index (χ4v) is 2.77. The summed E-state index contributed by atoms with van der Waals surface area (Å²) in [4.78, 5) is 23.5. The second kappa shape index (κ2) is 7.37. The highest BCUT2D eigenvalue weighted by atomic mass is 16.4. The number of carboxylic acid groups (broad SMARTS) is 1. The van der Waals surface area contributed by atoms with Crippen LogP contribution in [0.1, 0.15) is 23.4 Å². The fourth-order valence-electron chi connectivity index (χ4n) is 2.77. The number of nitrogens with zero attached hydrogens (tertiary/aromatic N) is 3. The summed E-state index contributed by atoms with van der Waals surface area (Å²) in [6, 6.07) is 14.6. The lowest BCUT2D eigenvalue weighted by Gasteiger charge is -2.05. The van der Waals surface area contributed by atoms with Crippen LogP contribution in [-0.2, 0) is 17.8 Å². The minimum atomic E-state index is -0.830. The molecule has 3 rings (SSSR count). The molecule has 1 heterocycles. The van der Waals surface area contributed by atoms with Crippen molar-refractivity contribution in [2.24, 2.45) is 5.73 Å². The predicted octanol–water partition coefficient (Wildman–Crippen LogP) is 1.81. The Morgan fingerprint density at radius 1 is 1.04 bits per heavy atom. The Morgan fingerprint density at radius 3 is 2.19 bits per heavy atom. The van der Waals surface area contributed by atoms with Gasteiger partial charge >= 0.3 is 11.7 Å². The molecule has 7 heteroatoms. The molecule has 134 valence electrons. The summed E-state index contributed by atoms with van der Waals surface area (Å²) in [5.41, 5.74) is 8.59. The normalized spacial score (nSPS) is 10.8. The monoisotopic (exact) mass is 352 g/mol. The van der Waals surface area contributed by atoms with Crippen LogP contribution in [0.5, 0.6) is 0 Å². The van der Waals surface area contributed by atoms with E-state index in [9.17, 15) is 9.59 Å². The van der Waals surface area contributed by atoms with Gasteiger partial charge in [-0.1, -0.05) is 24.3 Å². The molecular formula is C19H20N4O3. The quantitative estimate of drug-likeness (QED) is 0.704. The number of aliphatic carboxylic acids is 1. The van der Waals surface area contributed by atoms with E-state index in [4.69, 9.17) is 10.8 Å². The lowest BCUT2D eigenvalue weighted by atomic mass is 10.1. The van der Waals surface area contributed by atoms with Crippen LogP contribution in [-0.4, -0.2) is 25.4 Å². The molecule has 0 aliphatic heterocycles. The Hall–Kier alpha value is -3.19. The first-order valence-corrected chi connectivity index (χ1v) is 8.29. The summed E-state index contributed by atoms with van der Waals surface area (Å²) >= 11 is 0. The summed E-state index contributed by atoms with van der Waals surface area (Å²) in [7, 11) is 0. The summed E-state index contributed by atoms with van der Waals surface area (Å²) < 4.78 is 2.88. The van der Waals surface area contributed by atoms with Crippen molar-refractivity contribution in [3.8, 4) is 11.4 Å². The SMILES string of the molecule is Cc1nn(-c2ccc(CN)cc2)c(=O)n1-c1ccc(CCC(=O)O)cc1. The molecule has 3 aromatic rings. The van der Waals surface area contributed by atoms with Gasteiger partial charge in [0.2, 0.25) is 0 Å². The van der Waals surface area contributed by atoms with E-state index in [0.29, 0.717) is 30.2 Å². The topological polar surface area (TPSA) is 103 Å². The van der Waals surface area contributed by atoms with Crippen molar-refractivity contribution >= 4 is 5.97 Å². The number of aromatic nitrogens is 3. The van der Waals surface area contributed by atoms with Crippen LogP contribution in [0.25, 0.3) is 11.4 Å². The molecule has 0 aliphatic rings. The molecule has 0 radical (unpaired) electrons. The van der Waals surface area contributed by atoms with Crippen molar-refractivity contribution in [2.75, 3.05) is 0 Å². The fraction of sp³-hybridized carbons (Fsp3) is 0.211. The average Bonchev–Trinajstić information content (AvgIpc) is 2.95. The standard InChI is InChI=1S/C19H20N4O3/c1-13-21-23(17-9-4-15(12-20)5-10-17)19(26)22(13)16-7-2-14(3-8-16)6-11-18(24)25/h2-5,7-10H,6,11-12,20H2,1H3,(H,24,25). The van der Waals surface area contributed by atoms with Gasteiger partial charge in [0.1, 0.15) is 5.82 Å². The van der Waals surface area contributed by atoms with Crippen LogP contribution in [0.4, 0.5) is 0 Å². The van der Waals surface area contributed by atoms with Crippen LogP contribution in [0.15, 0.2) is 53.3 Å². The molecule has 26 heavy (non-hydrogen) atoms. The smallest absolute Gasteiger partial charge is 0.355 e. The van der Waals surface area contributed by atoms with E-state index in [1.807, 2.05) is 36.4 Å². The van der Waals surface area contributed by atoms with Gasteiger partial charge in [-0.25, -0.2) is 9.36 Å². The lowest BCUT2D eigenvalue weighted by molar-refractivity contribution is -0.136. The van der Waals surface area contributed by atoms with Crippen molar-refractivity contribution < 1.29 is 9.90 Å².